The predicted octanol–water partition coefficient (Wildman–Crippen LogP) is 2.60. The molecule has 0 atom stereocenters. The van der Waals surface area contributed by atoms with Crippen molar-refractivity contribution in [3.63, 3.8) is 0 Å². The standard InChI is InChI=1S/C16H19N3O4/c1-3-10(4-2)13-8-12(23-19-13)9-18-15(20)11-5-6-17-14(7-11)16(21)22/h5-8,10H,3-4,9H2,1-2H3,(H,18,20)(H,21,22). The maximum Gasteiger partial charge on any atom is 0.354 e. The van der Waals surface area contributed by atoms with Crippen LogP contribution in [0, 0.1) is 0 Å². The van der Waals surface area contributed by atoms with Gasteiger partial charge in [-0.3, -0.25) is 4.79 Å². The average Bonchev–Trinajstić information content (AvgIpc) is 3.02. The molecule has 2 aromatic heterocycles. The highest BCUT2D eigenvalue weighted by Gasteiger charge is 2.14. The van der Waals surface area contributed by atoms with Crippen LogP contribution >= 0.6 is 0 Å². The number of pyridine rings is 1. The number of carbonyl (C=O) groups excluding carboxylic acids is 1. The summed E-state index contributed by atoms with van der Waals surface area (Å²) in [6.07, 6.45) is 3.24. The van der Waals surface area contributed by atoms with Crippen molar-refractivity contribution in [1.29, 1.82) is 0 Å². The summed E-state index contributed by atoms with van der Waals surface area (Å²) in [4.78, 5) is 26.6. The Morgan fingerprint density at radius 3 is 2.70 bits per heavy atom. The van der Waals surface area contributed by atoms with Crippen molar-refractivity contribution in [2.75, 3.05) is 0 Å². The van der Waals surface area contributed by atoms with Crippen LogP contribution in [0.5, 0.6) is 0 Å². The molecule has 7 nitrogen and oxygen atoms in total. The van der Waals surface area contributed by atoms with E-state index in [0.29, 0.717) is 11.7 Å². The van der Waals surface area contributed by atoms with Gasteiger partial charge in [-0.15, -0.1) is 0 Å². The van der Waals surface area contributed by atoms with Crippen LogP contribution in [0.15, 0.2) is 28.9 Å². The van der Waals surface area contributed by atoms with Gasteiger partial charge in [-0.05, 0) is 25.0 Å². The number of aromatic nitrogens is 2. The van der Waals surface area contributed by atoms with Gasteiger partial charge in [0, 0.05) is 23.7 Å². The fourth-order valence-corrected chi connectivity index (χ4v) is 2.27. The van der Waals surface area contributed by atoms with Gasteiger partial charge in [0.05, 0.1) is 12.2 Å². The molecule has 0 saturated heterocycles. The van der Waals surface area contributed by atoms with Crippen LogP contribution in [-0.2, 0) is 6.54 Å². The van der Waals surface area contributed by atoms with Crippen LogP contribution in [0.4, 0.5) is 0 Å². The largest absolute Gasteiger partial charge is 0.477 e. The second kappa shape index (κ2) is 7.53. The molecule has 0 radical (unpaired) electrons. The molecule has 0 bridgehead atoms. The Morgan fingerprint density at radius 1 is 1.30 bits per heavy atom. The summed E-state index contributed by atoms with van der Waals surface area (Å²) < 4.78 is 5.23. The van der Waals surface area contributed by atoms with Crippen molar-refractivity contribution in [3.05, 3.63) is 47.1 Å². The molecule has 1 amide bonds. The SMILES string of the molecule is CCC(CC)c1cc(CNC(=O)c2ccnc(C(=O)O)c2)on1. The number of carboxylic acids is 1. The topological polar surface area (TPSA) is 105 Å². The normalized spacial score (nSPS) is 10.7. The van der Waals surface area contributed by atoms with E-state index in [2.05, 4.69) is 29.3 Å². The highest BCUT2D eigenvalue weighted by molar-refractivity contribution is 5.96. The summed E-state index contributed by atoms with van der Waals surface area (Å²) in [7, 11) is 0. The Bertz CT molecular complexity index is 692. The third-order valence-electron chi connectivity index (χ3n) is 3.65. The van der Waals surface area contributed by atoms with Crippen LogP contribution < -0.4 is 5.32 Å². The van der Waals surface area contributed by atoms with Gasteiger partial charge >= 0.3 is 5.97 Å². The van der Waals surface area contributed by atoms with Crippen LogP contribution in [0.1, 0.15) is 64.9 Å². The van der Waals surface area contributed by atoms with Gasteiger partial charge in [0.2, 0.25) is 0 Å². The second-order valence-electron chi connectivity index (χ2n) is 5.15. The maximum absolute atomic E-state index is 12.1. The molecule has 0 aliphatic carbocycles. The van der Waals surface area contributed by atoms with E-state index in [1.54, 1.807) is 0 Å². The van der Waals surface area contributed by atoms with Crippen molar-refractivity contribution in [2.45, 2.75) is 39.2 Å². The average molecular weight is 317 g/mol. The quantitative estimate of drug-likeness (QED) is 0.813. The molecule has 122 valence electrons. The number of amides is 1. The number of nitrogens with one attached hydrogen (secondary N) is 1. The number of nitrogens with zero attached hydrogens (tertiary/aromatic N) is 2. The lowest BCUT2D eigenvalue weighted by molar-refractivity contribution is 0.0690. The molecule has 0 unspecified atom stereocenters. The number of rotatable bonds is 7. The van der Waals surface area contributed by atoms with Crippen molar-refractivity contribution in [1.82, 2.24) is 15.5 Å². The second-order valence-corrected chi connectivity index (χ2v) is 5.15. The molecule has 0 aliphatic heterocycles. The minimum atomic E-state index is -1.18. The molecule has 2 heterocycles. The molecular formula is C16H19N3O4. The Morgan fingerprint density at radius 2 is 2.04 bits per heavy atom. The van der Waals surface area contributed by atoms with Crippen LogP contribution in [0.25, 0.3) is 0 Å². The van der Waals surface area contributed by atoms with Crippen molar-refractivity contribution >= 4 is 11.9 Å². The van der Waals surface area contributed by atoms with Crippen LogP contribution in [0.3, 0.4) is 0 Å². The first-order valence-corrected chi connectivity index (χ1v) is 7.48. The van der Waals surface area contributed by atoms with E-state index in [9.17, 15) is 9.59 Å². The number of aromatic carboxylic acids is 1. The van der Waals surface area contributed by atoms with Gasteiger partial charge in [-0.25, -0.2) is 9.78 Å². The Labute approximate surface area is 133 Å². The predicted molar refractivity (Wildman–Crippen MR) is 82.2 cm³/mol. The van der Waals surface area contributed by atoms with Crippen LogP contribution in [0.2, 0.25) is 0 Å². The van der Waals surface area contributed by atoms with Gasteiger partial charge in [-0.2, -0.15) is 0 Å². The van der Waals surface area contributed by atoms with Gasteiger partial charge < -0.3 is 14.9 Å². The fourth-order valence-electron chi connectivity index (χ4n) is 2.27. The summed E-state index contributed by atoms with van der Waals surface area (Å²) in [5.41, 5.74) is 0.946. The number of hydrogen-bond donors (Lipinski definition) is 2. The zero-order chi connectivity index (χ0) is 16.8. The summed E-state index contributed by atoms with van der Waals surface area (Å²) in [6.45, 7) is 4.37. The molecule has 0 fully saturated rings. The zero-order valence-corrected chi connectivity index (χ0v) is 13.1. The zero-order valence-electron chi connectivity index (χ0n) is 13.1. The Kier molecular flexibility index (Phi) is 5.46. The Hall–Kier alpha value is -2.70. The molecule has 0 saturated carbocycles. The van der Waals surface area contributed by atoms with E-state index < -0.39 is 11.9 Å². The lowest BCUT2D eigenvalue weighted by Crippen LogP contribution is -2.23. The fraction of sp³-hybridized carbons (Fsp3) is 0.375. The summed E-state index contributed by atoms with van der Waals surface area (Å²) >= 11 is 0. The molecule has 0 spiro atoms. The van der Waals surface area contributed by atoms with E-state index in [-0.39, 0.29) is 17.8 Å². The smallest absolute Gasteiger partial charge is 0.354 e. The molecule has 7 heteroatoms. The van der Waals surface area contributed by atoms with E-state index in [4.69, 9.17) is 9.63 Å². The molecule has 2 rings (SSSR count). The lowest BCUT2D eigenvalue weighted by Gasteiger charge is -2.06. The minimum absolute atomic E-state index is 0.173. The number of hydrogen-bond acceptors (Lipinski definition) is 5. The van der Waals surface area contributed by atoms with Crippen molar-refractivity contribution in [2.24, 2.45) is 0 Å². The van der Waals surface area contributed by atoms with E-state index in [1.807, 2.05) is 6.07 Å². The summed E-state index contributed by atoms with van der Waals surface area (Å²) in [6, 6.07) is 4.53. The minimum Gasteiger partial charge on any atom is -0.477 e. The van der Waals surface area contributed by atoms with E-state index in [1.165, 1.54) is 18.3 Å². The van der Waals surface area contributed by atoms with Gasteiger partial charge in [-0.1, -0.05) is 19.0 Å². The van der Waals surface area contributed by atoms with E-state index in [0.717, 1.165) is 18.5 Å². The monoisotopic (exact) mass is 317 g/mol. The highest BCUT2D eigenvalue weighted by Crippen LogP contribution is 2.22. The lowest BCUT2D eigenvalue weighted by atomic mass is 9.99. The first kappa shape index (κ1) is 16.7. The molecule has 2 N–H and O–H groups in total. The molecule has 2 aromatic rings. The first-order chi connectivity index (χ1) is 11.0. The third-order valence-corrected chi connectivity index (χ3v) is 3.65. The molecule has 0 aromatic carbocycles. The van der Waals surface area contributed by atoms with Gasteiger partial charge in [0.1, 0.15) is 5.69 Å². The number of carbonyl (C=O) groups is 2. The number of carboxylic acid groups (broad SMARTS) is 1. The molecular weight excluding hydrogens is 298 g/mol. The highest BCUT2D eigenvalue weighted by atomic mass is 16.5. The first-order valence-electron chi connectivity index (χ1n) is 7.48. The summed E-state index contributed by atoms with van der Waals surface area (Å²) in [5.74, 6) is -0.658. The maximum atomic E-state index is 12.1. The Balaban J connectivity index is 1.99. The van der Waals surface area contributed by atoms with Crippen molar-refractivity contribution < 1.29 is 19.2 Å². The third kappa shape index (κ3) is 4.15. The van der Waals surface area contributed by atoms with Crippen molar-refractivity contribution in [3.8, 4) is 0 Å². The molecule has 0 aliphatic rings. The van der Waals surface area contributed by atoms with E-state index >= 15 is 0 Å². The summed E-state index contributed by atoms with van der Waals surface area (Å²) in [5, 5.41) is 15.6. The van der Waals surface area contributed by atoms with Gasteiger partial charge in [0.15, 0.2) is 5.76 Å². The van der Waals surface area contributed by atoms with Gasteiger partial charge in [0.25, 0.3) is 5.91 Å². The molecule has 23 heavy (non-hydrogen) atoms. The van der Waals surface area contributed by atoms with Crippen LogP contribution in [-0.4, -0.2) is 27.1 Å².